The van der Waals surface area contributed by atoms with E-state index in [1.807, 2.05) is 6.92 Å². The largest absolute Gasteiger partial charge is 0.486 e. The minimum Gasteiger partial charge on any atom is -0.486 e. The van der Waals surface area contributed by atoms with E-state index in [0.29, 0.717) is 17.5 Å². The number of hydrogen-bond donors (Lipinski definition) is 1. The fraction of sp³-hybridized carbons (Fsp3) is 0.292. The SMILES string of the molecule is CCn1c(COc2cccc(C(F)(F)F)c2)nnc1SCC(=O)Nc1cc(C(=O)OC)cc(C(=O)OC)c1. The van der Waals surface area contributed by atoms with Crippen LogP contribution < -0.4 is 10.1 Å². The Hall–Kier alpha value is -4.07. The van der Waals surface area contributed by atoms with Crippen molar-refractivity contribution < 1.29 is 41.8 Å². The summed E-state index contributed by atoms with van der Waals surface area (Å²) < 4.78 is 55.3. The number of aromatic nitrogens is 3. The van der Waals surface area contributed by atoms with Crippen LogP contribution in [0.25, 0.3) is 0 Å². The second-order valence-corrected chi connectivity index (χ2v) is 8.52. The fourth-order valence-corrected chi connectivity index (χ4v) is 4.08. The molecule has 0 atom stereocenters. The number of halogens is 3. The summed E-state index contributed by atoms with van der Waals surface area (Å²) in [4.78, 5) is 36.4. The lowest BCUT2D eigenvalue weighted by Gasteiger charge is -2.11. The normalized spacial score (nSPS) is 11.1. The zero-order valence-corrected chi connectivity index (χ0v) is 21.3. The summed E-state index contributed by atoms with van der Waals surface area (Å²) in [5.41, 5.74) is -0.542. The van der Waals surface area contributed by atoms with E-state index in [4.69, 9.17) is 4.74 Å². The number of nitrogens with one attached hydrogen (secondary N) is 1. The third-order valence-corrected chi connectivity index (χ3v) is 6.00. The van der Waals surface area contributed by atoms with Gasteiger partial charge in [0.05, 0.1) is 36.7 Å². The molecule has 3 aromatic rings. The molecule has 0 unspecified atom stereocenters. The van der Waals surface area contributed by atoms with Crippen LogP contribution in [-0.4, -0.2) is 52.6 Å². The van der Waals surface area contributed by atoms with Crippen LogP contribution in [0.15, 0.2) is 47.6 Å². The second kappa shape index (κ2) is 12.4. The Morgan fingerprint density at radius 3 is 2.24 bits per heavy atom. The van der Waals surface area contributed by atoms with Gasteiger partial charge < -0.3 is 24.1 Å². The Balaban J connectivity index is 1.66. The highest BCUT2D eigenvalue weighted by atomic mass is 32.2. The van der Waals surface area contributed by atoms with Crippen molar-refractivity contribution in [3.63, 3.8) is 0 Å². The van der Waals surface area contributed by atoms with Gasteiger partial charge in [-0.3, -0.25) is 4.79 Å². The van der Waals surface area contributed by atoms with Crippen molar-refractivity contribution in [2.45, 2.75) is 31.4 Å². The highest BCUT2D eigenvalue weighted by molar-refractivity contribution is 7.99. The first-order chi connectivity index (χ1) is 18.0. The monoisotopic (exact) mass is 552 g/mol. The van der Waals surface area contributed by atoms with Crippen LogP contribution in [0, 0.1) is 0 Å². The molecule has 1 amide bonds. The van der Waals surface area contributed by atoms with Gasteiger partial charge in [0.25, 0.3) is 0 Å². The fourth-order valence-electron chi connectivity index (χ4n) is 3.26. The lowest BCUT2D eigenvalue weighted by molar-refractivity contribution is -0.137. The average molecular weight is 553 g/mol. The molecule has 0 aliphatic carbocycles. The van der Waals surface area contributed by atoms with Crippen molar-refractivity contribution in [2.24, 2.45) is 0 Å². The molecular weight excluding hydrogens is 529 g/mol. The van der Waals surface area contributed by atoms with Crippen LogP contribution in [0.3, 0.4) is 0 Å². The molecule has 3 rings (SSSR count). The number of rotatable bonds is 10. The van der Waals surface area contributed by atoms with Gasteiger partial charge in [-0.25, -0.2) is 9.59 Å². The first kappa shape index (κ1) is 28.5. The molecule has 0 radical (unpaired) electrons. The van der Waals surface area contributed by atoms with Crippen molar-refractivity contribution in [1.82, 2.24) is 14.8 Å². The van der Waals surface area contributed by atoms with Crippen LogP contribution in [0.5, 0.6) is 5.75 Å². The molecule has 0 saturated carbocycles. The average Bonchev–Trinajstić information content (AvgIpc) is 3.30. The molecule has 38 heavy (non-hydrogen) atoms. The van der Waals surface area contributed by atoms with E-state index in [1.165, 1.54) is 44.6 Å². The van der Waals surface area contributed by atoms with Crippen molar-refractivity contribution in [1.29, 1.82) is 0 Å². The van der Waals surface area contributed by atoms with Gasteiger partial charge in [0.2, 0.25) is 5.91 Å². The van der Waals surface area contributed by atoms with Crippen LogP contribution >= 0.6 is 11.8 Å². The quantitative estimate of drug-likeness (QED) is 0.291. The summed E-state index contributed by atoms with van der Waals surface area (Å²) in [5.74, 6) is -1.56. The molecule has 1 heterocycles. The number of carbonyl (C=O) groups is 3. The molecule has 0 fully saturated rings. The first-order valence-corrected chi connectivity index (χ1v) is 12.0. The summed E-state index contributed by atoms with van der Waals surface area (Å²) in [6.07, 6.45) is -4.49. The van der Waals surface area contributed by atoms with E-state index in [9.17, 15) is 27.6 Å². The Kier molecular flexibility index (Phi) is 9.34. The molecule has 1 N–H and O–H groups in total. The molecule has 0 aliphatic rings. The zero-order chi connectivity index (χ0) is 27.9. The molecule has 2 aromatic carbocycles. The van der Waals surface area contributed by atoms with Crippen molar-refractivity contribution in [3.05, 3.63) is 65.0 Å². The summed E-state index contributed by atoms with van der Waals surface area (Å²) in [7, 11) is 2.37. The Bertz CT molecular complexity index is 1290. The summed E-state index contributed by atoms with van der Waals surface area (Å²) in [6, 6.07) is 8.50. The van der Waals surface area contributed by atoms with Crippen LogP contribution in [-0.2, 0) is 33.6 Å². The molecule has 0 saturated heterocycles. The van der Waals surface area contributed by atoms with E-state index >= 15 is 0 Å². The molecule has 10 nitrogen and oxygen atoms in total. The number of methoxy groups -OCH3 is 2. The van der Waals surface area contributed by atoms with Crippen LogP contribution in [0.1, 0.15) is 39.0 Å². The van der Waals surface area contributed by atoms with Crippen molar-refractivity contribution in [3.8, 4) is 5.75 Å². The maximum absolute atomic E-state index is 12.9. The third kappa shape index (κ3) is 7.25. The summed E-state index contributed by atoms with van der Waals surface area (Å²) >= 11 is 1.07. The maximum atomic E-state index is 12.9. The second-order valence-electron chi connectivity index (χ2n) is 7.58. The maximum Gasteiger partial charge on any atom is 0.416 e. The molecule has 0 bridgehead atoms. The molecule has 0 aliphatic heterocycles. The van der Waals surface area contributed by atoms with Gasteiger partial charge >= 0.3 is 18.1 Å². The molecular formula is C24H23F3N4O6S. The highest BCUT2D eigenvalue weighted by Gasteiger charge is 2.30. The first-order valence-electron chi connectivity index (χ1n) is 11.0. The highest BCUT2D eigenvalue weighted by Crippen LogP contribution is 2.31. The number of thioether (sulfide) groups is 1. The Morgan fingerprint density at radius 1 is 1.00 bits per heavy atom. The number of ether oxygens (including phenoxy) is 3. The number of carbonyl (C=O) groups excluding carboxylic acids is 3. The van der Waals surface area contributed by atoms with E-state index in [1.54, 1.807) is 4.57 Å². The number of anilines is 1. The molecule has 0 spiro atoms. The number of amides is 1. The van der Waals surface area contributed by atoms with E-state index in [0.717, 1.165) is 23.9 Å². The van der Waals surface area contributed by atoms with Gasteiger partial charge in [-0.05, 0) is 43.3 Å². The minimum atomic E-state index is -4.49. The lowest BCUT2D eigenvalue weighted by Crippen LogP contribution is -2.16. The van der Waals surface area contributed by atoms with Gasteiger partial charge in [-0.2, -0.15) is 13.2 Å². The predicted molar refractivity (Wildman–Crippen MR) is 130 cm³/mol. The molecule has 1 aromatic heterocycles. The summed E-state index contributed by atoms with van der Waals surface area (Å²) in [5, 5.41) is 11.1. The minimum absolute atomic E-state index is 0.0274. The number of esters is 2. The van der Waals surface area contributed by atoms with Gasteiger partial charge in [0, 0.05) is 12.2 Å². The third-order valence-electron chi connectivity index (χ3n) is 5.03. The van der Waals surface area contributed by atoms with Crippen LogP contribution in [0.4, 0.5) is 18.9 Å². The zero-order valence-electron chi connectivity index (χ0n) is 20.5. The van der Waals surface area contributed by atoms with E-state index in [2.05, 4.69) is 25.0 Å². The van der Waals surface area contributed by atoms with E-state index < -0.39 is 29.6 Å². The number of benzene rings is 2. The number of alkyl halides is 3. The Morgan fingerprint density at radius 2 is 1.66 bits per heavy atom. The van der Waals surface area contributed by atoms with Gasteiger partial charge in [0.15, 0.2) is 11.0 Å². The van der Waals surface area contributed by atoms with Crippen molar-refractivity contribution in [2.75, 3.05) is 25.3 Å². The smallest absolute Gasteiger partial charge is 0.416 e. The topological polar surface area (TPSA) is 122 Å². The van der Waals surface area contributed by atoms with Gasteiger partial charge in [-0.15, -0.1) is 10.2 Å². The summed E-state index contributed by atoms with van der Waals surface area (Å²) in [6.45, 7) is 2.10. The van der Waals surface area contributed by atoms with Gasteiger partial charge in [0.1, 0.15) is 12.4 Å². The van der Waals surface area contributed by atoms with Crippen molar-refractivity contribution >= 4 is 35.3 Å². The predicted octanol–water partition coefficient (Wildman–Crippen LogP) is 4.20. The Labute approximate surface area is 219 Å². The standard InChI is InChI=1S/C24H23F3N4O6S/c1-4-31-19(12-37-18-7-5-6-16(11-18)24(25,26)27)29-30-23(31)38-13-20(32)28-17-9-14(21(33)35-2)8-15(10-17)22(34)36-3/h5-11H,4,12-13H2,1-3H3,(H,28,32). The van der Waals surface area contributed by atoms with E-state index in [-0.39, 0.29) is 34.9 Å². The lowest BCUT2D eigenvalue weighted by atomic mass is 10.1. The van der Waals surface area contributed by atoms with Gasteiger partial charge in [-0.1, -0.05) is 17.8 Å². The number of hydrogen-bond acceptors (Lipinski definition) is 9. The number of nitrogens with zero attached hydrogens (tertiary/aromatic N) is 3. The molecule has 202 valence electrons. The van der Waals surface area contributed by atoms with Crippen LogP contribution in [0.2, 0.25) is 0 Å². The molecule has 14 heteroatoms.